The highest BCUT2D eigenvalue weighted by Gasteiger charge is 2.41. The van der Waals surface area contributed by atoms with Crippen LogP contribution in [-0.4, -0.2) is 59.7 Å². The summed E-state index contributed by atoms with van der Waals surface area (Å²) in [6, 6.07) is 11.5. The molecule has 2 aromatic rings. The van der Waals surface area contributed by atoms with Crippen molar-refractivity contribution >= 4 is 39.7 Å². The highest BCUT2D eigenvalue weighted by molar-refractivity contribution is 9.10. The van der Waals surface area contributed by atoms with Gasteiger partial charge in [-0.15, -0.1) is 0 Å². The van der Waals surface area contributed by atoms with Crippen molar-refractivity contribution in [2.75, 3.05) is 21.2 Å². The van der Waals surface area contributed by atoms with Crippen molar-refractivity contribution in [1.82, 2.24) is 14.7 Å². The monoisotopic (exact) mass is 473 g/mol. The number of likely N-dealkylation sites (N-methyl/N-ethyl adjacent to an activating group) is 1. The minimum Gasteiger partial charge on any atom is -0.496 e. The second-order valence-corrected chi connectivity index (χ2v) is 7.77. The molecule has 1 aliphatic heterocycles. The largest absolute Gasteiger partial charge is 0.496 e. The lowest BCUT2D eigenvalue weighted by atomic mass is 10.1. The number of methoxy groups -OCH3 is 1. The molecule has 0 atom stereocenters. The van der Waals surface area contributed by atoms with Crippen molar-refractivity contribution in [1.29, 1.82) is 0 Å². The van der Waals surface area contributed by atoms with Gasteiger partial charge < -0.3 is 9.64 Å². The number of urea groups is 1. The number of benzene rings is 2. The molecule has 0 unspecified atom stereocenters. The third-order valence-electron chi connectivity index (χ3n) is 4.79. The van der Waals surface area contributed by atoms with E-state index in [0.717, 1.165) is 19.8 Å². The summed E-state index contributed by atoms with van der Waals surface area (Å²) in [7, 11) is 4.54. The van der Waals surface area contributed by atoms with E-state index < -0.39 is 17.8 Å². The first-order valence-corrected chi connectivity index (χ1v) is 9.82. The molecular weight excluding hydrogens is 454 g/mol. The van der Waals surface area contributed by atoms with E-state index in [1.165, 1.54) is 7.05 Å². The molecule has 0 saturated carbocycles. The number of hydrogen-bond donors (Lipinski definition) is 0. The molecule has 2 aromatic carbocycles. The normalized spacial score (nSPS) is 13.8. The fraction of sp³-hybridized carbons (Fsp3) is 0.238. The van der Waals surface area contributed by atoms with E-state index in [0.29, 0.717) is 23.4 Å². The van der Waals surface area contributed by atoms with Gasteiger partial charge in [-0.3, -0.25) is 24.2 Å². The molecular formula is C21H20BrN3O5. The Kier molecular flexibility index (Phi) is 6.21. The maximum atomic E-state index is 12.8. The van der Waals surface area contributed by atoms with Crippen LogP contribution >= 0.6 is 15.9 Å². The second kappa shape index (κ2) is 8.66. The Morgan fingerprint density at radius 1 is 1.07 bits per heavy atom. The maximum Gasteiger partial charge on any atom is 0.334 e. The lowest BCUT2D eigenvalue weighted by molar-refractivity contribution is -0.143. The molecule has 0 aliphatic carbocycles. The van der Waals surface area contributed by atoms with Crippen LogP contribution in [0, 0.1) is 0 Å². The van der Waals surface area contributed by atoms with Crippen molar-refractivity contribution in [3.63, 3.8) is 0 Å². The maximum absolute atomic E-state index is 12.8. The number of amides is 5. The van der Waals surface area contributed by atoms with Gasteiger partial charge in [0.25, 0.3) is 5.91 Å². The van der Waals surface area contributed by atoms with Gasteiger partial charge in [0.2, 0.25) is 0 Å². The molecule has 0 aromatic heterocycles. The zero-order valence-electron chi connectivity index (χ0n) is 16.7. The predicted molar refractivity (Wildman–Crippen MR) is 112 cm³/mol. The van der Waals surface area contributed by atoms with Gasteiger partial charge in [0.1, 0.15) is 5.75 Å². The predicted octanol–water partition coefficient (Wildman–Crippen LogP) is 2.65. The average molecular weight is 474 g/mol. The van der Waals surface area contributed by atoms with E-state index >= 15 is 0 Å². The van der Waals surface area contributed by atoms with Crippen molar-refractivity contribution in [2.45, 2.75) is 13.1 Å². The molecule has 0 bridgehead atoms. The van der Waals surface area contributed by atoms with Gasteiger partial charge in [0, 0.05) is 36.2 Å². The van der Waals surface area contributed by atoms with Crippen molar-refractivity contribution in [2.24, 2.45) is 0 Å². The number of hydrogen-bond acceptors (Lipinski definition) is 5. The Hall–Kier alpha value is -3.20. The van der Waals surface area contributed by atoms with Gasteiger partial charge in [-0.2, -0.15) is 0 Å². The van der Waals surface area contributed by atoms with Crippen LogP contribution < -0.4 is 4.74 Å². The van der Waals surface area contributed by atoms with E-state index in [4.69, 9.17) is 4.74 Å². The summed E-state index contributed by atoms with van der Waals surface area (Å²) in [5, 5.41) is 0. The molecule has 0 radical (unpaired) electrons. The number of ether oxygens (including phenoxy) is 1. The molecule has 0 N–H and O–H groups in total. The summed E-state index contributed by atoms with van der Waals surface area (Å²) in [6.07, 6.45) is 0. The highest BCUT2D eigenvalue weighted by atomic mass is 79.9. The SMILES string of the molecule is COc1ccc(Br)cc1CN(C)C(=O)c1ccc(CN2C(=O)C(=O)N(C)C2=O)cc1. The van der Waals surface area contributed by atoms with Crippen LogP contribution in [0.3, 0.4) is 0 Å². The van der Waals surface area contributed by atoms with Crippen molar-refractivity contribution < 1.29 is 23.9 Å². The first-order chi connectivity index (χ1) is 14.2. The van der Waals surface area contributed by atoms with Crippen LogP contribution in [0.2, 0.25) is 0 Å². The number of rotatable bonds is 6. The van der Waals surface area contributed by atoms with Gasteiger partial charge in [-0.05, 0) is 35.9 Å². The lowest BCUT2D eigenvalue weighted by Crippen LogP contribution is -2.31. The topological polar surface area (TPSA) is 87.2 Å². The second-order valence-electron chi connectivity index (χ2n) is 6.85. The van der Waals surface area contributed by atoms with Gasteiger partial charge >= 0.3 is 17.8 Å². The van der Waals surface area contributed by atoms with Crippen molar-refractivity contribution in [3.8, 4) is 5.75 Å². The van der Waals surface area contributed by atoms with Gasteiger partial charge in [-0.1, -0.05) is 28.1 Å². The zero-order valence-corrected chi connectivity index (χ0v) is 18.3. The molecule has 9 heteroatoms. The summed E-state index contributed by atoms with van der Waals surface area (Å²) in [4.78, 5) is 51.5. The Labute approximate surface area is 182 Å². The van der Waals surface area contributed by atoms with Crippen LogP contribution in [-0.2, 0) is 22.7 Å². The highest BCUT2D eigenvalue weighted by Crippen LogP contribution is 2.24. The van der Waals surface area contributed by atoms with Gasteiger partial charge in [0.05, 0.1) is 13.7 Å². The molecule has 1 fully saturated rings. The van der Waals surface area contributed by atoms with E-state index in [-0.39, 0.29) is 12.5 Å². The molecule has 1 saturated heterocycles. The smallest absolute Gasteiger partial charge is 0.334 e. The lowest BCUT2D eigenvalue weighted by Gasteiger charge is -2.19. The van der Waals surface area contributed by atoms with E-state index in [1.807, 2.05) is 18.2 Å². The van der Waals surface area contributed by atoms with Crippen LogP contribution in [0.1, 0.15) is 21.5 Å². The third kappa shape index (κ3) is 4.20. The number of nitrogens with zero attached hydrogens (tertiary/aromatic N) is 3. The molecule has 8 nitrogen and oxygen atoms in total. The molecule has 3 rings (SSSR count). The molecule has 1 heterocycles. The fourth-order valence-corrected chi connectivity index (χ4v) is 3.52. The van der Waals surface area contributed by atoms with Crippen molar-refractivity contribution in [3.05, 3.63) is 63.6 Å². The fourth-order valence-electron chi connectivity index (χ4n) is 3.11. The summed E-state index contributed by atoms with van der Waals surface area (Å²) in [5.41, 5.74) is 1.95. The molecule has 1 aliphatic rings. The molecule has 5 amide bonds. The molecule has 156 valence electrons. The number of imide groups is 2. The van der Waals surface area contributed by atoms with Gasteiger partial charge in [-0.25, -0.2) is 4.79 Å². The summed E-state index contributed by atoms with van der Waals surface area (Å²) >= 11 is 3.42. The Bertz CT molecular complexity index is 1020. The number of carbonyl (C=O) groups is 4. The summed E-state index contributed by atoms with van der Waals surface area (Å²) in [5.74, 6) is -1.21. The van der Waals surface area contributed by atoms with Crippen LogP contribution in [0.25, 0.3) is 0 Å². The zero-order chi connectivity index (χ0) is 22.0. The standard InChI is InChI=1S/C21H20BrN3O5/c1-23(12-15-10-16(22)8-9-17(15)30-3)18(26)14-6-4-13(5-7-14)11-25-20(28)19(27)24(2)21(25)29/h4-10H,11-12H2,1-3H3. The minimum atomic E-state index is -0.856. The third-order valence-corrected chi connectivity index (χ3v) is 5.28. The first-order valence-electron chi connectivity index (χ1n) is 9.03. The average Bonchev–Trinajstić information content (AvgIpc) is 2.92. The van der Waals surface area contributed by atoms with E-state index in [2.05, 4.69) is 15.9 Å². The van der Waals surface area contributed by atoms with Crippen LogP contribution in [0.15, 0.2) is 46.9 Å². The molecule has 0 spiro atoms. The number of carbonyl (C=O) groups excluding carboxylic acids is 4. The summed E-state index contributed by atoms with van der Waals surface area (Å²) < 4.78 is 6.24. The Balaban J connectivity index is 1.69. The number of halogens is 1. The quantitative estimate of drug-likeness (QED) is 0.475. The Morgan fingerprint density at radius 2 is 1.73 bits per heavy atom. The minimum absolute atomic E-state index is 0.0344. The van der Waals surface area contributed by atoms with E-state index in [9.17, 15) is 19.2 Å². The Morgan fingerprint density at radius 3 is 2.30 bits per heavy atom. The first kappa shape index (κ1) is 21.5. The molecule has 30 heavy (non-hydrogen) atoms. The van der Waals surface area contributed by atoms with Crippen LogP contribution in [0.5, 0.6) is 5.75 Å². The van der Waals surface area contributed by atoms with Gasteiger partial charge in [0.15, 0.2) is 0 Å². The summed E-state index contributed by atoms with van der Waals surface area (Å²) in [6.45, 7) is 0.321. The van der Waals surface area contributed by atoms with Crippen LogP contribution in [0.4, 0.5) is 4.79 Å². The van der Waals surface area contributed by atoms with E-state index in [1.54, 1.807) is 43.3 Å².